The first-order chi connectivity index (χ1) is 12.8. The molecule has 0 aliphatic heterocycles. The minimum atomic E-state index is -0.0452. The lowest BCUT2D eigenvalue weighted by Crippen LogP contribution is -3.08. The molecular formula is C20H24ClN4O2+. The number of nitrogens with zero attached hydrogens (tertiary/aromatic N) is 2. The Bertz CT molecular complexity index is 944. The van der Waals surface area contributed by atoms with Crippen LogP contribution in [-0.4, -0.2) is 29.3 Å². The van der Waals surface area contributed by atoms with Gasteiger partial charge in [-0.1, -0.05) is 11.6 Å². The Balaban J connectivity index is 1.58. The molecule has 6 nitrogen and oxygen atoms in total. The number of carbonyl (C=O) groups is 1. The van der Waals surface area contributed by atoms with Crippen molar-refractivity contribution in [1.29, 1.82) is 0 Å². The lowest BCUT2D eigenvalue weighted by Gasteiger charge is -2.12. The van der Waals surface area contributed by atoms with E-state index in [1.54, 1.807) is 4.68 Å². The molecule has 2 heterocycles. The van der Waals surface area contributed by atoms with E-state index in [-0.39, 0.29) is 5.91 Å². The van der Waals surface area contributed by atoms with Crippen LogP contribution in [-0.2, 0) is 18.4 Å². The smallest absolute Gasteiger partial charge is 0.279 e. The third kappa shape index (κ3) is 4.59. The molecule has 1 amide bonds. The molecule has 0 aliphatic rings. The average molecular weight is 388 g/mol. The molecule has 0 fully saturated rings. The van der Waals surface area contributed by atoms with Crippen LogP contribution in [0, 0.1) is 13.8 Å². The maximum absolute atomic E-state index is 12.4. The summed E-state index contributed by atoms with van der Waals surface area (Å²) in [6, 6.07) is 11.4. The van der Waals surface area contributed by atoms with Crippen molar-refractivity contribution in [3.8, 4) is 11.3 Å². The van der Waals surface area contributed by atoms with Gasteiger partial charge in [0.1, 0.15) is 12.3 Å². The summed E-state index contributed by atoms with van der Waals surface area (Å²) in [5.41, 5.74) is 3.53. The van der Waals surface area contributed by atoms with Crippen molar-refractivity contribution in [2.24, 2.45) is 7.05 Å². The second kappa shape index (κ2) is 7.98. The summed E-state index contributed by atoms with van der Waals surface area (Å²) in [6.45, 7) is 4.78. The molecule has 0 aliphatic carbocycles. The highest BCUT2D eigenvalue weighted by Crippen LogP contribution is 2.23. The fourth-order valence-electron chi connectivity index (χ4n) is 3.01. The Kier molecular flexibility index (Phi) is 5.68. The Hall–Kier alpha value is -2.57. The van der Waals surface area contributed by atoms with Gasteiger partial charge in [0.05, 0.1) is 24.1 Å². The maximum atomic E-state index is 12.4. The molecule has 2 N–H and O–H groups in total. The van der Waals surface area contributed by atoms with E-state index in [0.29, 0.717) is 18.1 Å². The number of anilines is 1. The van der Waals surface area contributed by atoms with Crippen LogP contribution < -0.4 is 10.2 Å². The van der Waals surface area contributed by atoms with Gasteiger partial charge in [0.15, 0.2) is 12.3 Å². The van der Waals surface area contributed by atoms with Crippen LogP contribution in [0.1, 0.15) is 17.1 Å². The van der Waals surface area contributed by atoms with Crippen molar-refractivity contribution in [3.63, 3.8) is 0 Å². The fourth-order valence-corrected chi connectivity index (χ4v) is 3.14. The molecule has 0 saturated heterocycles. The van der Waals surface area contributed by atoms with E-state index in [0.717, 1.165) is 39.1 Å². The zero-order chi connectivity index (χ0) is 19.6. The number of aromatic nitrogens is 2. The number of benzene rings is 1. The number of hydrogen-bond donors (Lipinski definition) is 2. The van der Waals surface area contributed by atoms with Gasteiger partial charge in [-0.05, 0) is 50.2 Å². The summed E-state index contributed by atoms with van der Waals surface area (Å²) in [4.78, 5) is 13.4. The number of furan rings is 1. The Morgan fingerprint density at radius 2 is 1.93 bits per heavy atom. The van der Waals surface area contributed by atoms with E-state index in [1.807, 2.05) is 64.3 Å². The lowest BCUT2D eigenvalue weighted by atomic mass is 10.2. The van der Waals surface area contributed by atoms with Crippen molar-refractivity contribution in [2.45, 2.75) is 20.4 Å². The number of aryl methyl sites for hydroxylation is 2. The van der Waals surface area contributed by atoms with E-state index in [4.69, 9.17) is 16.0 Å². The summed E-state index contributed by atoms with van der Waals surface area (Å²) in [7, 11) is 3.83. The molecule has 0 saturated carbocycles. The van der Waals surface area contributed by atoms with Crippen molar-refractivity contribution in [1.82, 2.24) is 9.78 Å². The quantitative estimate of drug-likeness (QED) is 0.683. The number of nitrogens with one attached hydrogen (secondary N) is 2. The highest BCUT2D eigenvalue weighted by atomic mass is 35.5. The van der Waals surface area contributed by atoms with E-state index in [9.17, 15) is 4.79 Å². The van der Waals surface area contributed by atoms with Crippen molar-refractivity contribution in [2.75, 3.05) is 18.9 Å². The first-order valence-corrected chi connectivity index (χ1v) is 9.17. The van der Waals surface area contributed by atoms with E-state index < -0.39 is 0 Å². The van der Waals surface area contributed by atoms with E-state index >= 15 is 0 Å². The van der Waals surface area contributed by atoms with E-state index in [1.165, 1.54) is 0 Å². The first-order valence-electron chi connectivity index (χ1n) is 8.79. The molecule has 1 atom stereocenters. The highest BCUT2D eigenvalue weighted by molar-refractivity contribution is 6.30. The predicted octanol–water partition coefficient (Wildman–Crippen LogP) is 2.60. The van der Waals surface area contributed by atoms with Gasteiger partial charge >= 0.3 is 0 Å². The van der Waals surface area contributed by atoms with Crippen LogP contribution in [0.2, 0.25) is 5.02 Å². The first kappa shape index (κ1) is 19.2. The SMILES string of the molecule is Cc1nn(C)c(C)c1NC(=O)C[NH+](C)Cc1ccc(-c2ccc(Cl)cc2)o1. The molecule has 1 unspecified atom stereocenters. The van der Waals surface area contributed by atoms with Crippen LogP contribution in [0.5, 0.6) is 0 Å². The number of amides is 1. The zero-order valence-electron chi connectivity index (χ0n) is 16.0. The summed E-state index contributed by atoms with van der Waals surface area (Å²) in [5, 5.41) is 7.98. The number of quaternary nitrogens is 1. The normalized spacial score (nSPS) is 12.2. The van der Waals surface area contributed by atoms with Crippen LogP contribution in [0.3, 0.4) is 0 Å². The minimum absolute atomic E-state index is 0.0452. The van der Waals surface area contributed by atoms with Crippen LogP contribution in [0.15, 0.2) is 40.8 Å². The summed E-state index contributed by atoms with van der Waals surface area (Å²) < 4.78 is 7.68. The molecule has 142 valence electrons. The topological polar surface area (TPSA) is 64.5 Å². The number of halogens is 1. The van der Waals surface area contributed by atoms with E-state index in [2.05, 4.69) is 10.4 Å². The molecule has 0 radical (unpaired) electrons. The third-order valence-electron chi connectivity index (χ3n) is 4.50. The van der Waals surface area contributed by atoms with Gasteiger partial charge in [0, 0.05) is 17.6 Å². The van der Waals surface area contributed by atoms with Gasteiger partial charge in [-0.3, -0.25) is 9.48 Å². The largest absolute Gasteiger partial charge is 0.455 e. The summed E-state index contributed by atoms with van der Waals surface area (Å²) in [5.74, 6) is 1.58. The summed E-state index contributed by atoms with van der Waals surface area (Å²) in [6.07, 6.45) is 0. The van der Waals surface area contributed by atoms with Crippen molar-refractivity contribution < 1.29 is 14.1 Å². The lowest BCUT2D eigenvalue weighted by molar-refractivity contribution is -0.886. The van der Waals surface area contributed by atoms with Gasteiger partial charge < -0.3 is 14.6 Å². The molecule has 7 heteroatoms. The number of hydrogen-bond acceptors (Lipinski definition) is 3. The van der Waals surface area contributed by atoms with Gasteiger partial charge in [0.2, 0.25) is 0 Å². The van der Waals surface area contributed by atoms with Gasteiger partial charge in [0.25, 0.3) is 5.91 Å². The zero-order valence-corrected chi connectivity index (χ0v) is 16.7. The molecule has 2 aromatic heterocycles. The molecule has 27 heavy (non-hydrogen) atoms. The Morgan fingerprint density at radius 3 is 2.56 bits per heavy atom. The third-order valence-corrected chi connectivity index (χ3v) is 4.75. The molecule has 3 aromatic rings. The van der Waals surface area contributed by atoms with Crippen LogP contribution in [0.25, 0.3) is 11.3 Å². The molecule has 0 bridgehead atoms. The maximum Gasteiger partial charge on any atom is 0.279 e. The monoisotopic (exact) mass is 387 g/mol. The standard InChI is InChI=1S/C20H23ClN4O2/c1-13-20(14(2)25(4)23-13)22-19(26)12-24(3)11-17-9-10-18(27-17)15-5-7-16(21)8-6-15/h5-10H,11-12H2,1-4H3,(H,22,26)/p+1. The van der Waals surface area contributed by atoms with Gasteiger partial charge in [-0.15, -0.1) is 0 Å². The Labute approximate surface area is 163 Å². The van der Waals surface area contributed by atoms with Crippen LogP contribution >= 0.6 is 11.6 Å². The molecule has 0 spiro atoms. The van der Waals surface area contributed by atoms with Crippen molar-refractivity contribution >= 4 is 23.2 Å². The highest BCUT2D eigenvalue weighted by Gasteiger charge is 2.17. The van der Waals surface area contributed by atoms with Gasteiger partial charge in [-0.25, -0.2) is 0 Å². The Morgan fingerprint density at radius 1 is 1.22 bits per heavy atom. The number of rotatable bonds is 6. The minimum Gasteiger partial charge on any atom is -0.455 e. The van der Waals surface area contributed by atoms with Crippen molar-refractivity contribution in [3.05, 3.63) is 58.6 Å². The molecular weight excluding hydrogens is 364 g/mol. The average Bonchev–Trinajstić information content (AvgIpc) is 3.15. The predicted molar refractivity (Wildman–Crippen MR) is 106 cm³/mol. The summed E-state index contributed by atoms with van der Waals surface area (Å²) >= 11 is 5.92. The molecule has 1 aromatic carbocycles. The van der Waals surface area contributed by atoms with Crippen LogP contribution in [0.4, 0.5) is 5.69 Å². The number of likely N-dealkylation sites (N-methyl/N-ethyl adjacent to an activating group) is 1. The molecule has 3 rings (SSSR count). The van der Waals surface area contributed by atoms with Gasteiger partial charge in [-0.2, -0.15) is 5.10 Å². The fraction of sp³-hybridized carbons (Fsp3) is 0.300. The second-order valence-electron chi connectivity index (χ2n) is 6.80. The number of carbonyl (C=O) groups excluding carboxylic acids is 1. The second-order valence-corrected chi connectivity index (χ2v) is 7.24.